The van der Waals surface area contributed by atoms with Gasteiger partial charge < -0.3 is 0 Å². The van der Waals surface area contributed by atoms with Crippen molar-refractivity contribution in [2.24, 2.45) is 59.2 Å². The second-order valence-electron chi connectivity index (χ2n) is 9.63. The van der Waals surface area contributed by atoms with Gasteiger partial charge in [-0.2, -0.15) is 0 Å². The lowest BCUT2D eigenvalue weighted by Crippen LogP contribution is -2.24. The third-order valence-corrected chi connectivity index (χ3v) is 9.52. The highest BCUT2D eigenvalue weighted by molar-refractivity contribution is 5.09. The van der Waals surface area contributed by atoms with Crippen molar-refractivity contribution in [1.82, 2.24) is 0 Å². The van der Waals surface area contributed by atoms with Crippen LogP contribution in [-0.4, -0.2) is 0 Å². The molecule has 0 aliphatic heterocycles. The normalized spacial score (nSPS) is 66.0. The van der Waals surface area contributed by atoms with Crippen molar-refractivity contribution in [3.05, 3.63) is 0 Å². The fourth-order valence-corrected chi connectivity index (χ4v) is 9.25. The summed E-state index contributed by atoms with van der Waals surface area (Å²) < 4.78 is 0. The molecule has 0 heterocycles. The molecule has 6 rings (SSSR count). The fourth-order valence-electron chi connectivity index (χ4n) is 9.25. The number of hydrogen-bond donors (Lipinski definition) is 0. The van der Waals surface area contributed by atoms with Gasteiger partial charge in [0.15, 0.2) is 0 Å². The van der Waals surface area contributed by atoms with Crippen LogP contribution in [-0.2, 0) is 0 Å². The summed E-state index contributed by atoms with van der Waals surface area (Å²) in [5.41, 5.74) is 0. The van der Waals surface area contributed by atoms with E-state index in [9.17, 15) is 0 Å². The molecule has 0 saturated heterocycles. The van der Waals surface area contributed by atoms with Crippen LogP contribution in [0.2, 0.25) is 0 Å². The monoisotopic (exact) mass is 270 g/mol. The molecule has 0 bridgehead atoms. The average molecular weight is 270 g/mol. The molecule has 10 atom stereocenters. The van der Waals surface area contributed by atoms with Gasteiger partial charge in [-0.25, -0.2) is 0 Å². The molecule has 0 heteroatoms. The summed E-state index contributed by atoms with van der Waals surface area (Å²) >= 11 is 0. The highest BCUT2D eigenvalue weighted by atomic mass is 14.7. The van der Waals surface area contributed by atoms with Gasteiger partial charge in [0, 0.05) is 0 Å². The Kier molecular flexibility index (Phi) is 2.22. The molecule has 0 aromatic heterocycles. The van der Waals surface area contributed by atoms with Crippen LogP contribution in [0.15, 0.2) is 0 Å². The first-order valence-electron chi connectivity index (χ1n) is 9.90. The lowest BCUT2D eigenvalue weighted by molar-refractivity contribution is 0.182. The Labute approximate surface area is 124 Å². The van der Waals surface area contributed by atoms with Gasteiger partial charge in [0.2, 0.25) is 0 Å². The van der Waals surface area contributed by atoms with E-state index in [0.717, 1.165) is 0 Å². The van der Waals surface area contributed by atoms with E-state index in [1.165, 1.54) is 59.2 Å². The zero-order valence-corrected chi connectivity index (χ0v) is 12.8. The second kappa shape index (κ2) is 3.85. The van der Waals surface area contributed by atoms with Gasteiger partial charge in [0.25, 0.3) is 0 Å². The SMILES string of the molecule is C1C[C@H]2C[C@H]([C@@H]3C[C@H]4CC[C@H]5CC[C@@H]3[C@@H]54)[C@@H]3CC[C@@H]1[C@H]23. The lowest BCUT2D eigenvalue weighted by Gasteiger charge is -2.30. The lowest BCUT2D eigenvalue weighted by atomic mass is 9.75. The van der Waals surface area contributed by atoms with Crippen LogP contribution >= 0.6 is 0 Å². The first-order valence-corrected chi connectivity index (χ1v) is 9.90. The molecule has 0 aromatic rings. The van der Waals surface area contributed by atoms with Crippen molar-refractivity contribution < 1.29 is 0 Å². The van der Waals surface area contributed by atoms with Crippen molar-refractivity contribution in [1.29, 1.82) is 0 Å². The van der Waals surface area contributed by atoms with Gasteiger partial charge in [-0.05, 0) is 123 Å². The maximum Gasteiger partial charge on any atom is -0.0326 e. The summed E-state index contributed by atoms with van der Waals surface area (Å²) in [6.45, 7) is 0. The predicted molar refractivity (Wildman–Crippen MR) is 81.1 cm³/mol. The largest absolute Gasteiger partial charge is 0.0499 e. The molecule has 20 heavy (non-hydrogen) atoms. The molecule has 0 N–H and O–H groups in total. The first kappa shape index (κ1) is 11.6. The summed E-state index contributed by atoms with van der Waals surface area (Å²) in [5.74, 6) is 12.0. The van der Waals surface area contributed by atoms with E-state index < -0.39 is 0 Å². The van der Waals surface area contributed by atoms with Crippen LogP contribution in [0, 0.1) is 59.2 Å². The van der Waals surface area contributed by atoms with Crippen LogP contribution in [0.3, 0.4) is 0 Å². The Morgan fingerprint density at radius 2 is 0.750 bits per heavy atom. The molecule has 6 saturated carbocycles. The maximum atomic E-state index is 1.68. The van der Waals surface area contributed by atoms with E-state index in [1.54, 1.807) is 64.2 Å². The summed E-state index contributed by atoms with van der Waals surface area (Å²) in [7, 11) is 0. The van der Waals surface area contributed by atoms with Gasteiger partial charge in [0.05, 0.1) is 0 Å². The quantitative estimate of drug-likeness (QED) is 0.619. The molecule has 110 valence electrons. The summed E-state index contributed by atoms with van der Waals surface area (Å²) in [4.78, 5) is 0. The van der Waals surface area contributed by atoms with Gasteiger partial charge in [-0.15, -0.1) is 0 Å². The van der Waals surface area contributed by atoms with Gasteiger partial charge in [-0.1, -0.05) is 0 Å². The minimum absolute atomic E-state index is 1.19. The van der Waals surface area contributed by atoms with E-state index in [0.29, 0.717) is 0 Å². The molecule has 6 fully saturated rings. The Morgan fingerprint density at radius 3 is 1.25 bits per heavy atom. The van der Waals surface area contributed by atoms with Gasteiger partial charge in [-0.3, -0.25) is 0 Å². The molecule has 6 aliphatic rings. The third kappa shape index (κ3) is 1.27. The summed E-state index contributed by atoms with van der Waals surface area (Å²) in [6, 6.07) is 0. The minimum Gasteiger partial charge on any atom is -0.0499 e. The molecule has 0 nitrogen and oxygen atoms in total. The standard InChI is InChI=1S/C20H30/c1-3-13-9-17(15-7-5-11(1)19(13)15)18-10-14-4-2-12-6-8-16(18)20(12)14/h11-20H,1-10H2/t11-,12+,13+,14-,15-,16-,17+,18-,19-,20+/m0/s1. The van der Waals surface area contributed by atoms with Crippen LogP contribution in [0.25, 0.3) is 0 Å². The average Bonchev–Trinajstić information content (AvgIpc) is 3.18. The summed E-state index contributed by atoms with van der Waals surface area (Å²) in [5, 5.41) is 0. The van der Waals surface area contributed by atoms with E-state index >= 15 is 0 Å². The van der Waals surface area contributed by atoms with Crippen molar-refractivity contribution in [2.75, 3.05) is 0 Å². The molecule has 6 aliphatic carbocycles. The van der Waals surface area contributed by atoms with E-state index in [2.05, 4.69) is 0 Å². The summed E-state index contributed by atoms with van der Waals surface area (Å²) in [6.07, 6.45) is 16.3. The van der Waals surface area contributed by atoms with E-state index in [-0.39, 0.29) is 0 Å². The third-order valence-electron chi connectivity index (χ3n) is 9.52. The van der Waals surface area contributed by atoms with Crippen LogP contribution < -0.4 is 0 Å². The topological polar surface area (TPSA) is 0 Å². The molecular weight excluding hydrogens is 240 g/mol. The van der Waals surface area contributed by atoms with Crippen molar-refractivity contribution in [2.45, 2.75) is 64.2 Å². The Hall–Kier alpha value is 0. The van der Waals surface area contributed by atoms with Crippen molar-refractivity contribution in [3.63, 3.8) is 0 Å². The Balaban J connectivity index is 1.31. The molecule has 0 spiro atoms. The molecule has 0 amide bonds. The van der Waals surface area contributed by atoms with Crippen molar-refractivity contribution in [3.8, 4) is 0 Å². The molecule has 0 radical (unpaired) electrons. The smallest absolute Gasteiger partial charge is 0.0326 e. The van der Waals surface area contributed by atoms with Crippen molar-refractivity contribution >= 4 is 0 Å². The predicted octanol–water partition coefficient (Wildman–Crippen LogP) is 5.13. The first-order chi connectivity index (χ1) is 9.90. The number of rotatable bonds is 1. The van der Waals surface area contributed by atoms with Gasteiger partial charge in [0.1, 0.15) is 0 Å². The Bertz CT molecular complexity index is 386. The minimum atomic E-state index is 1.19. The number of hydrogen-bond acceptors (Lipinski definition) is 0. The highest BCUT2D eigenvalue weighted by Crippen LogP contribution is 2.68. The molecular formula is C20H30. The molecule has 0 aromatic carbocycles. The highest BCUT2D eigenvalue weighted by Gasteiger charge is 2.60. The van der Waals surface area contributed by atoms with Gasteiger partial charge >= 0.3 is 0 Å². The van der Waals surface area contributed by atoms with E-state index in [4.69, 9.17) is 0 Å². The maximum absolute atomic E-state index is 1.68. The van der Waals surface area contributed by atoms with Crippen LogP contribution in [0.4, 0.5) is 0 Å². The Morgan fingerprint density at radius 1 is 0.350 bits per heavy atom. The van der Waals surface area contributed by atoms with Crippen LogP contribution in [0.1, 0.15) is 64.2 Å². The molecule has 0 unspecified atom stereocenters. The second-order valence-corrected chi connectivity index (χ2v) is 9.63. The zero-order valence-electron chi connectivity index (χ0n) is 12.8. The van der Waals surface area contributed by atoms with E-state index in [1.807, 2.05) is 0 Å². The zero-order chi connectivity index (χ0) is 12.8. The van der Waals surface area contributed by atoms with Crippen LogP contribution in [0.5, 0.6) is 0 Å². The fraction of sp³-hybridized carbons (Fsp3) is 1.00.